The summed E-state index contributed by atoms with van der Waals surface area (Å²) in [7, 11) is 1.48. The van der Waals surface area contributed by atoms with Gasteiger partial charge >= 0.3 is 5.97 Å². The van der Waals surface area contributed by atoms with Gasteiger partial charge in [0.15, 0.2) is 6.61 Å². The molecule has 8 nitrogen and oxygen atoms in total. The molecule has 0 atom stereocenters. The molecular weight excluding hydrogens is 340 g/mol. The maximum absolute atomic E-state index is 12.1. The minimum absolute atomic E-state index is 0.0418. The molecule has 0 bridgehead atoms. The molecule has 1 amide bonds. The van der Waals surface area contributed by atoms with Crippen LogP contribution in [0.3, 0.4) is 0 Å². The van der Waals surface area contributed by atoms with Crippen molar-refractivity contribution in [3.8, 4) is 5.75 Å². The average Bonchev–Trinajstić information content (AvgIpc) is 2.60. The zero-order chi connectivity index (χ0) is 19.3. The van der Waals surface area contributed by atoms with E-state index in [0.717, 1.165) is 5.56 Å². The summed E-state index contributed by atoms with van der Waals surface area (Å²) in [5.74, 6) is -0.882. The van der Waals surface area contributed by atoms with Crippen LogP contribution in [0.25, 0.3) is 0 Å². The fourth-order valence-electron chi connectivity index (χ4n) is 2.36. The fourth-order valence-corrected chi connectivity index (χ4v) is 2.36. The third kappa shape index (κ3) is 4.35. The number of nitro groups is 1. The Balaban J connectivity index is 2.04. The molecule has 136 valence electrons. The molecule has 2 rings (SSSR count). The Bertz CT molecular complexity index is 863. The number of aryl methyl sites for hydroxylation is 1. The van der Waals surface area contributed by atoms with Crippen molar-refractivity contribution in [2.24, 2.45) is 0 Å². The molecule has 2 aromatic carbocycles. The van der Waals surface area contributed by atoms with Gasteiger partial charge in [-0.05, 0) is 37.6 Å². The van der Waals surface area contributed by atoms with Gasteiger partial charge in [0.25, 0.3) is 11.6 Å². The Morgan fingerprint density at radius 3 is 2.58 bits per heavy atom. The van der Waals surface area contributed by atoms with Crippen molar-refractivity contribution in [2.45, 2.75) is 13.8 Å². The number of nitrogens with zero attached hydrogens (tertiary/aromatic N) is 1. The number of benzene rings is 2. The average molecular weight is 358 g/mol. The second-order valence-corrected chi connectivity index (χ2v) is 5.53. The van der Waals surface area contributed by atoms with Gasteiger partial charge in [-0.1, -0.05) is 12.1 Å². The number of nitrogens with one attached hydrogen (secondary N) is 1. The second kappa shape index (κ2) is 8.11. The number of hydrogen-bond acceptors (Lipinski definition) is 6. The second-order valence-electron chi connectivity index (χ2n) is 5.53. The number of nitro benzene ring substituents is 1. The first-order valence-corrected chi connectivity index (χ1v) is 7.69. The van der Waals surface area contributed by atoms with Gasteiger partial charge in [-0.2, -0.15) is 0 Å². The van der Waals surface area contributed by atoms with Crippen LogP contribution in [0.4, 0.5) is 11.4 Å². The third-order valence-electron chi connectivity index (χ3n) is 3.69. The molecule has 0 unspecified atom stereocenters. The van der Waals surface area contributed by atoms with Crippen LogP contribution >= 0.6 is 0 Å². The lowest BCUT2D eigenvalue weighted by molar-refractivity contribution is -0.385. The standard InChI is InChI=1S/C18H18N2O6/c1-11-7-8-16(25-3)14(9-11)19-17(21)10-26-18(22)13-5-4-6-15(12(13)2)20(23)24/h4-9H,10H2,1-3H3,(H,19,21). The lowest BCUT2D eigenvalue weighted by Crippen LogP contribution is -2.21. The summed E-state index contributed by atoms with van der Waals surface area (Å²) in [6.07, 6.45) is 0. The van der Waals surface area contributed by atoms with E-state index in [0.29, 0.717) is 11.4 Å². The summed E-state index contributed by atoms with van der Waals surface area (Å²) >= 11 is 0. The van der Waals surface area contributed by atoms with E-state index >= 15 is 0 Å². The van der Waals surface area contributed by atoms with E-state index < -0.39 is 23.4 Å². The maximum atomic E-state index is 12.1. The molecular formula is C18H18N2O6. The number of ether oxygens (including phenoxy) is 2. The maximum Gasteiger partial charge on any atom is 0.339 e. The molecule has 8 heteroatoms. The Kier molecular flexibility index (Phi) is 5.90. The predicted molar refractivity (Wildman–Crippen MR) is 94.5 cm³/mol. The fraction of sp³-hybridized carbons (Fsp3) is 0.222. The van der Waals surface area contributed by atoms with E-state index in [9.17, 15) is 19.7 Å². The smallest absolute Gasteiger partial charge is 0.339 e. The van der Waals surface area contributed by atoms with Crippen LogP contribution in [0.5, 0.6) is 5.75 Å². The van der Waals surface area contributed by atoms with Crippen molar-refractivity contribution >= 4 is 23.3 Å². The van der Waals surface area contributed by atoms with Gasteiger partial charge in [-0.15, -0.1) is 0 Å². The first kappa shape index (κ1) is 18.9. The first-order valence-electron chi connectivity index (χ1n) is 7.69. The van der Waals surface area contributed by atoms with E-state index in [1.54, 1.807) is 12.1 Å². The number of carbonyl (C=O) groups is 2. The highest BCUT2D eigenvalue weighted by Gasteiger charge is 2.20. The molecule has 0 fully saturated rings. The zero-order valence-corrected chi connectivity index (χ0v) is 14.6. The zero-order valence-electron chi connectivity index (χ0n) is 14.6. The van der Waals surface area contributed by atoms with Crippen LogP contribution in [0, 0.1) is 24.0 Å². The molecule has 0 aliphatic carbocycles. The molecule has 1 N–H and O–H groups in total. The number of anilines is 1. The number of hydrogen-bond donors (Lipinski definition) is 1. The van der Waals surface area contributed by atoms with E-state index in [1.807, 2.05) is 13.0 Å². The molecule has 0 spiro atoms. The van der Waals surface area contributed by atoms with Crippen molar-refractivity contribution in [1.82, 2.24) is 0 Å². The highest BCUT2D eigenvalue weighted by atomic mass is 16.6. The Hall–Kier alpha value is -3.42. The minimum atomic E-state index is -0.808. The van der Waals surface area contributed by atoms with Crippen molar-refractivity contribution < 1.29 is 24.0 Å². The van der Waals surface area contributed by atoms with E-state index in [-0.39, 0.29) is 16.8 Å². The summed E-state index contributed by atoms with van der Waals surface area (Å²) in [4.78, 5) is 34.5. The predicted octanol–water partition coefficient (Wildman–Crippen LogP) is 3.02. The molecule has 2 aromatic rings. The van der Waals surface area contributed by atoms with Gasteiger partial charge in [0.1, 0.15) is 5.75 Å². The number of esters is 1. The summed E-state index contributed by atoms with van der Waals surface area (Å²) < 4.78 is 10.1. The lowest BCUT2D eigenvalue weighted by Gasteiger charge is -2.11. The van der Waals surface area contributed by atoms with Crippen LogP contribution in [0.1, 0.15) is 21.5 Å². The van der Waals surface area contributed by atoms with Gasteiger partial charge in [-0.25, -0.2) is 4.79 Å². The summed E-state index contributed by atoms with van der Waals surface area (Å²) in [5.41, 5.74) is 1.42. The van der Waals surface area contributed by atoms with Gasteiger partial charge in [0.05, 0.1) is 23.3 Å². The van der Waals surface area contributed by atoms with Crippen LogP contribution < -0.4 is 10.1 Å². The van der Waals surface area contributed by atoms with E-state index in [1.165, 1.54) is 32.2 Å². The van der Waals surface area contributed by atoms with Crippen LogP contribution in [0.15, 0.2) is 36.4 Å². The number of carbonyl (C=O) groups excluding carboxylic acids is 2. The highest BCUT2D eigenvalue weighted by molar-refractivity contribution is 5.97. The topological polar surface area (TPSA) is 108 Å². The van der Waals surface area contributed by atoms with Gasteiger partial charge in [0, 0.05) is 11.6 Å². The van der Waals surface area contributed by atoms with Crippen molar-refractivity contribution in [1.29, 1.82) is 0 Å². The van der Waals surface area contributed by atoms with Gasteiger partial charge < -0.3 is 14.8 Å². The van der Waals surface area contributed by atoms with Gasteiger partial charge in [0.2, 0.25) is 0 Å². The van der Waals surface area contributed by atoms with E-state index in [2.05, 4.69) is 5.32 Å². The van der Waals surface area contributed by atoms with Crippen molar-refractivity contribution in [2.75, 3.05) is 19.0 Å². The molecule has 0 aliphatic rings. The largest absolute Gasteiger partial charge is 0.495 e. The molecule has 0 saturated carbocycles. The summed E-state index contributed by atoms with van der Waals surface area (Å²) in [6.45, 7) is 2.78. The third-order valence-corrected chi connectivity index (χ3v) is 3.69. The summed E-state index contributed by atoms with van der Waals surface area (Å²) in [6, 6.07) is 9.36. The molecule has 0 saturated heterocycles. The van der Waals surface area contributed by atoms with Crippen molar-refractivity contribution in [3.05, 3.63) is 63.2 Å². The number of rotatable bonds is 6. The van der Waals surface area contributed by atoms with Crippen LogP contribution in [-0.2, 0) is 9.53 Å². The number of methoxy groups -OCH3 is 1. The Morgan fingerprint density at radius 1 is 1.19 bits per heavy atom. The lowest BCUT2D eigenvalue weighted by atomic mass is 10.1. The summed E-state index contributed by atoms with van der Waals surface area (Å²) in [5, 5.41) is 13.5. The SMILES string of the molecule is COc1ccc(C)cc1NC(=O)COC(=O)c1cccc([N+](=O)[O-])c1C. The Labute approximate surface area is 149 Å². The normalized spacial score (nSPS) is 10.1. The molecule has 0 heterocycles. The van der Waals surface area contributed by atoms with E-state index in [4.69, 9.17) is 9.47 Å². The highest BCUT2D eigenvalue weighted by Crippen LogP contribution is 2.25. The van der Waals surface area contributed by atoms with Gasteiger partial charge in [-0.3, -0.25) is 14.9 Å². The molecule has 0 aliphatic heterocycles. The number of amides is 1. The Morgan fingerprint density at radius 2 is 1.92 bits per heavy atom. The quantitative estimate of drug-likeness (QED) is 0.483. The first-order chi connectivity index (χ1) is 12.3. The van der Waals surface area contributed by atoms with Crippen LogP contribution in [0.2, 0.25) is 0 Å². The molecule has 26 heavy (non-hydrogen) atoms. The minimum Gasteiger partial charge on any atom is -0.495 e. The van der Waals surface area contributed by atoms with Crippen LogP contribution in [-0.4, -0.2) is 30.5 Å². The van der Waals surface area contributed by atoms with Crippen molar-refractivity contribution in [3.63, 3.8) is 0 Å². The molecule has 0 radical (unpaired) electrons. The molecule has 0 aromatic heterocycles. The monoisotopic (exact) mass is 358 g/mol.